The van der Waals surface area contributed by atoms with Crippen LogP contribution in [0.3, 0.4) is 0 Å². The van der Waals surface area contributed by atoms with Crippen molar-refractivity contribution in [3.05, 3.63) is 96.1 Å². The maximum atomic E-state index is 5.42. The number of methoxy groups -OCH3 is 1. The van der Waals surface area contributed by atoms with Crippen molar-refractivity contribution in [3.8, 4) is 17.1 Å². The van der Waals surface area contributed by atoms with E-state index in [4.69, 9.17) is 9.72 Å². The summed E-state index contributed by atoms with van der Waals surface area (Å²) >= 11 is 0. The van der Waals surface area contributed by atoms with Crippen LogP contribution < -0.4 is 4.74 Å². The number of benzene rings is 4. The highest BCUT2D eigenvalue weighted by Crippen LogP contribution is 2.30. The highest BCUT2D eigenvalue weighted by Gasteiger charge is 2.15. The number of fused-ring (bicyclic) bond motifs is 2. The lowest BCUT2D eigenvalue weighted by atomic mass is 10.1. The standard InChI is InChI=1S/C26H22N2O/c1-18-7-3-6-10-23(18)26-27-24-16-22(29-2)13-14-25(24)28(26)17-19-11-12-20-8-4-5-9-21(20)15-19/h3-16H,17H2,1-2H3. The zero-order chi connectivity index (χ0) is 19.8. The van der Waals surface area contributed by atoms with Gasteiger partial charge in [-0.25, -0.2) is 4.98 Å². The average molecular weight is 378 g/mol. The van der Waals surface area contributed by atoms with Gasteiger partial charge in [-0.05, 0) is 47.0 Å². The van der Waals surface area contributed by atoms with Crippen LogP contribution in [0.25, 0.3) is 33.2 Å². The largest absolute Gasteiger partial charge is 0.497 e. The molecule has 5 rings (SSSR count). The minimum atomic E-state index is 0.761. The van der Waals surface area contributed by atoms with Gasteiger partial charge in [-0.2, -0.15) is 0 Å². The molecule has 0 bridgehead atoms. The second-order valence-electron chi connectivity index (χ2n) is 7.37. The third-order valence-corrected chi connectivity index (χ3v) is 5.50. The Morgan fingerprint density at radius 2 is 1.62 bits per heavy atom. The first-order valence-electron chi connectivity index (χ1n) is 9.81. The number of hydrogen-bond acceptors (Lipinski definition) is 2. The monoisotopic (exact) mass is 378 g/mol. The van der Waals surface area contributed by atoms with E-state index >= 15 is 0 Å². The third kappa shape index (κ3) is 3.15. The molecule has 0 unspecified atom stereocenters. The summed E-state index contributed by atoms with van der Waals surface area (Å²) in [7, 11) is 1.69. The zero-order valence-electron chi connectivity index (χ0n) is 16.6. The summed E-state index contributed by atoms with van der Waals surface area (Å²) in [5.41, 5.74) is 5.69. The zero-order valence-corrected chi connectivity index (χ0v) is 16.6. The molecule has 3 heteroatoms. The van der Waals surface area contributed by atoms with E-state index in [-0.39, 0.29) is 0 Å². The minimum absolute atomic E-state index is 0.761. The molecule has 0 saturated heterocycles. The Labute approximate surface area is 170 Å². The van der Waals surface area contributed by atoms with Gasteiger partial charge in [0.1, 0.15) is 11.6 Å². The van der Waals surface area contributed by atoms with Crippen LogP contribution in [-0.2, 0) is 6.54 Å². The lowest BCUT2D eigenvalue weighted by molar-refractivity contribution is 0.415. The van der Waals surface area contributed by atoms with Crippen LogP contribution in [0.1, 0.15) is 11.1 Å². The lowest BCUT2D eigenvalue weighted by Crippen LogP contribution is -2.03. The molecular formula is C26H22N2O. The molecule has 0 amide bonds. The Morgan fingerprint density at radius 1 is 0.828 bits per heavy atom. The summed E-state index contributed by atoms with van der Waals surface area (Å²) in [6, 6.07) is 29.7. The summed E-state index contributed by atoms with van der Waals surface area (Å²) in [5.74, 6) is 1.81. The van der Waals surface area contributed by atoms with Gasteiger partial charge in [-0.3, -0.25) is 0 Å². The molecule has 0 aliphatic heterocycles. The van der Waals surface area contributed by atoms with Gasteiger partial charge in [0.25, 0.3) is 0 Å². The van der Waals surface area contributed by atoms with E-state index in [1.165, 1.54) is 21.9 Å². The molecule has 0 fully saturated rings. The summed E-state index contributed by atoms with van der Waals surface area (Å²) < 4.78 is 7.72. The van der Waals surface area contributed by atoms with Crippen molar-refractivity contribution in [1.82, 2.24) is 9.55 Å². The van der Waals surface area contributed by atoms with Crippen LogP contribution in [0.2, 0.25) is 0 Å². The maximum absolute atomic E-state index is 5.42. The number of ether oxygens (including phenoxy) is 1. The van der Waals surface area contributed by atoms with Crippen LogP contribution in [0.15, 0.2) is 84.9 Å². The summed E-state index contributed by atoms with van der Waals surface area (Å²) in [6.07, 6.45) is 0. The van der Waals surface area contributed by atoms with Gasteiger partial charge in [-0.1, -0.05) is 60.7 Å². The van der Waals surface area contributed by atoms with Gasteiger partial charge < -0.3 is 9.30 Å². The Morgan fingerprint density at radius 3 is 2.45 bits per heavy atom. The number of imidazole rings is 1. The van der Waals surface area contributed by atoms with E-state index in [0.717, 1.165) is 34.7 Å². The summed E-state index contributed by atoms with van der Waals surface area (Å²) in [4.78, 5) is 4.99. The Hall–Kier alpha value is -3.59. The van der Waals surface area contributed by atoms with Crippen molar-refractivity contribution in [2.45, 2.75) is 13.5 Å². The molecular weight excluding hydrogens is 356 g/mol. The number of nitrogens with zero attached hydrogens (tertiary/aromatic N) is 2. The highest BCUT2D eigenvalue weighted by molar-refractivity contribution is 5.84. The molecule has 0 aliphatic carbocycles. The first-order chi connectivity index (χ1) is 14.2. The lowest BCUT2D eigenvalue weighted by Gasteiger charge is -2.12. The summed E-state index contributed by atoms with van der Waals surface area (Å²) in [6.45, 7) is 2.90. The molecule has 0 radical (unpaired) electrons. The number of aromatic nitrogens is 2. The molecule has 1 aromatic heterocycles. The van der Waals surface area contributed by atoms with Gasteiger partial charge in [0.05, 0.1) is 18.1 Å². The van der Waals surface area contributed by atoms with Gasteiger partial charge in [0.2, 0.25) is 0 Å². The first-order valence-corrected chi connectivity index (χ1v) is 9.81. The quantitative estimate of drug-likeness (QED) is 0.371. The fraction of sp³-hybridized carbons (Fsp3) is 0.115. The van der Waals surface area contributed by atoms with Gasteiger partial charge in [-0.15, -0.1) is 0 Å². The van der Waals surface area contributed by atoms with Crippen molar-refractivity contribution < 1.29 is 4.74 Å². The molecule has 1 heterocycles. The van der Waals surface area contributed by atoms with E-state index < -0.39 is 0 Å². The van der Waals surface area contributed by atoms with Crippen molar-refractivity contribution >= 4 is 21.8 Å². The SMILES string of the molecule is COc1ccc2c(c1)nc(-c1ccccc1C)n2Cc1ccc2ccccc2c1. The van der Waals surface area contributed by atoms with E-state index in [9.17, 15) is 0 Å². The van der Waals surface area contributed by atoms with Crippen molar-refractivity contribution in [2.75, 3.05) is 7.11 Å². The van der Waals surface area contributed by atoms with Crippen molar-refractivity contribution in [1.29, 1.82) is 0 Å². The highest BCUT2D eigenvalue weighted by atomic mass is 16.5. The van der Waals surface area contributed by atoms with Gasteiger partial charge in [0.15, 0.2) is 0 Å². The fourth-order valence-corrected chi connectivity index (χ4v) is 3.95. The van der Waals surface area contributed by atoms with Crippen LogP contribution in [0, 0.1) is 6.92 Å². The van der Waals surface area contributed by atoms with Crippen LogP contribution in [0.4, 0.5) is 0 Å². The van der Waals surface area contributed by atoms with Crippen molar-refractivity contribution in [2.24, 2.45) is 0 Å². The number of aryl methyl sites for hydroxylation is 1. The Bertz CT molecular complexity index is 1330. The Kier molecular flexibility index (Phi) is 4.28. The molecule has 4 aromatic carbocycles. The van der Waals surface area contributed by atoms with Gasteiger partial charge >= 0.3 is 0 Å². The fourth-order valence-electron chi connectivity index (χ4n) is 3.95. The van der Waals surface area contributed by atoms with Crippen LogP contribution in [0.5, 0.6) is 5.75 Å². The topological polar surface area (TPSA) is 27.1 Å². The van der Waals surface area contributed by atoms with E-state index in [2.05, 4.69) is 84.3 Å². The molecule has 0 atom stereocenters. The molecule has 0 aliphatic rings. The second-order valence-corrected chi connectivity index (χ2v) is 7.37. The molecule has 0 spiro atoms. The van der Waals surface area contributed by atoms with E-state index in [1.807, 2.05) is 12.1 Å². The predicted octanol–water partition coefficient (Wildman–Crippen LogP) is 6.22. The van der Waals surface area contributed by atoms with Crippen LogP contribution >= 0.6 is 0 Å². The normalized spacial score (nSPS) is 11.2. The molecule has 0 saturated carbocycles. The van der Waals surface area contributed by atoms with E-state index in [0.29, 0.717) is 0 Å². The third-order valence-electron chi connectivity index (χ3n) is 5.50. The predicted molar refractivity (Wildman–Crippen MR) is 120 cm³/mol. The summed E-state index contributed by atoms with van der Waals surface area (Å²) in [5, 5.41) is 2.52. The minimum Gasteiger partial charge on any atom is -0.497 e. The maximum Gasteiger partial charge on any atom is 0.141 e. The average Bonchev–Trinajstić information content (AvgIpc) is 3.11. The molecule has 3 nitrogen and oxygen atoms in total. The molecule has 0 N–H and O–H groups in total. The number of rotatable bonds is 4. The number of hydrogen-bond donors (Lipinski definition) is 0. The smallest absolute Gasteiger partial charge is 0.141 e. The molecule has 142 valence electrons. The van der Waals surface area contributed by atoms with Crippen molar-refractivity contribution in [3.63, 3.8) is 0 Å². The molecule has 29 heavy (non-hydrogen) atoms. The van der Waals surface area contributed by atoms with Crippen LogP contribution in [-0.4, -0.2) is 16.7 Å². The van der Waals surface area contributed by atoms with E-state index in [1.54, 1.807) is 7.11 Å². The molecule has 5 aromatic rings. The second kappa shape index (κ2) is 7.10. The Balaban J connectivity index is 1.69. The first kappa shape index (κ1) is 17.5. The van der Waals surface area contributed by atoms with Gasteiger partial charge in [0, 0.05) is 18.2 Å².